The molecule has 2 aliphatic rings. The van der Waals surface area contributed by atoms with Crippen molar-refractivity contribution in [3.8, 4) is 0 Å². The van der Waals surface area contributed by atoms with Crippen LogP contribution in [0.5, 0.6) is 0 Å². The Hall–Kier alpha value is -2.06. The molecule has 2 aliphatic heterocycles. The molecule has 0 saturated carbocycles. The van der Waals surface area contributed by atoms with Gasteiger partial charge < -0.3 is 20.3 Å². The second-order valence-electron chi connectivity index (χ2n) is 8.29. The van der Waals surface area contributed by atoms with Crippen LogP contribution in [0.4, 0.5) is 0 Å². The highest BCUT2D eigenvalue weighted by Gasteiger charge is 2.57. The number of carbonyl (C=O) groups excluding carboxylic acids is 3. The van der Waals surface area contributed by atoms with Crippen LogP contribution in [0.1, 0.15) is 49.0 Å². The Morgan fingerprint density at radius 3 is 2.62 bits per heavy atom. The van der Waals surface area contributed by atoms with Gasteiger partial charge in [-0.1, -0.05) is 32.0 Å². The molecular formula is C21H29N3O4S. The van der Waals surface area contributed by atoms with Gasteiger partial charge in [0.05, 0.1) is 6.61 Å². The summed E-state index contributed by atoms with van der Waals surface area (Å²) in [6.07, 6.45) is 0. The molecule has 0 aliphatic carbocycles. The van der Waals surface area contributed by atoms with Crippen molar-refractivity contribution in [2.75, 3.05) is 20.3 Å². The first kappa shape index (κ1) is 21.6. The zero-order valence-corrected chi connectivity index (χ0v) is 18.3. The summed E-state index contributed by atoms with van der Waals surface area (Å²) >= 11 is 1.61. The molecule has 1 aromatic rings. The summed E-state index contributed by atoms with van der Waals surface area (Å²) in [6.45, 7) is 8.49. The number of amides is 3. The van der Waals surface area contributed by atoms with E-state index >= 15 is 0 Å². The quantitative estimate of drug-likeness (QED) is 0.660. The summed E-state index contributed by atoms with van der Waals surface area (Å²) < 4.78 is 4.48. The third-order valence-corrected chi connectivity index (χ3v) is 6.93. The van der Waals surface area contributed by atoms with Gasteiger partial charge in [-0.3, -0.25) is 14.4 Å². The largest absolute Gasteiger partial charge is 0.383 e. The van der Waals surface area contributed by atoms with Gasteiger partial charge in [0, 0.05) is 24.0 Å². The first-order valence-corrected chi connectivity index (χ1v) is 10.7. The average molecular weight is 420 g/mol. The molecule has 2 N–H and O–H groups in total. The predicted octanol–water partition coefficient (Wildman–Crippen LogP) is 1.94. The zero-order chi connectivity index (χ0) is 21.3. The van der Waals surface area contributed by atoms with E-state index in [1.54, 1.807) is 29.8 Å². The minimum atomic E-state index is -0.681. The highest BCUT2D eigenvalue weighted by molar-refractivity contribution is 8.01. The van der Waals surface area contributed by atoms with Crippen molar-refractivity contribution in [1.29, 1.82) is 0 Å². The third-order valence-electron chi connectivity index (χ3n) is 5.40. The number of hydrogen-bond donors (Lipinski definition) is 2. The minimum Gasteiger partial charge on any atom is -0.383 e. The fourth-order valence-corrected chi connectivity index (χ4v) is 5.55. The van der Waals surface area contributed by atoms with E-state index in [1.165, 1.54) is 0 Å². The van der Waals surface area contributed by atoms with Crippen LogP contribution in [0.2, 0.25) is 0 Å². The molecule has 158 valence electrons. The Labute approximate surface area is 175 Å². The standard InChI is InChI=1S/C21H29N3O4S/c1-12(2)15(17(25)22-10-11-28-5)23-18(26)16-21(3,4)29-20-14-9-7-6-8-13(14)19(27)24(16)20/h6-9,12,15-16,20H,10-11H2,1-5H3,(H,22,25)(H,23,26)/t15-,16+,20-/m0/s1. The molecular weight excluding hydrogens is 390 g/mol. The van der Waals surface area contributed by atoms with Gasteiger partial charge >= 0.3 is 0 Å². The summed E-state index contributed by atoms with van der Waals surface area (Å²) in [6, 6.07) is 6.16. The molecule has 1 fully saturated rings. The summed E-state index contributed by atoms with van der Waals surface area (Å²) in [4.78, 5) is 40.6. The van der Waals surface area contributed by atoms with Crippen molar-refractivity contribution in [2.45, 2.75) is 49.9 Å². The van der Waals surface area contributed by atoms with E-state index < -0.39 is 16.8 Å². The number of benzene rings is 1. The second kappa shape index (κ2) is 8.36. The van der Waals surface area contributed by atoms with Crippen molar-refractivity contribution in [1.82, 2.24) is 15.5 Å². The molecule has 0 unspecified atom stereocenters. The Morgan fingerprint density at radius 1 is 1.28 bits per heavy atom. The number of nitrogens with one attached hydrogen (secondary N) is 2. The van der Waals surface area contributed by atoms with E-state index in [9.17, 15) is 14.4 Å². The molecule has 3 atom stereocenters. The Balaban J connectivity index is 1.80. The third kappa shape index (κ3) is 4.00. The first-order valence-electron chi connectivity index (χ1n) is 9.85. The number of methoxy groups -OCH3 is 1. The van der Waals surface area contributed by atoms with E-state index in [2.05, 4.69) is 10.6 Å². The average Bonchev–Trinajstić information content (AvgIpc) is 3.09. The summed E-state index contributed by atoms with van der Waals surface area (Å²) in [5.41, 5.74) is 1.60. The van der Waals surface area contributed by atoms with Crippen LogP contribution in [0.3, 0.4) is 0 Å². The predicted molar refractivity (Wildman–Crippen MR) is 112 cm³/mol. The lowest BCUT2D eigenvalue weighted by Gasteiger charge is -2.32. The van der Waals surface area contributed by atoms with Crippen molar-refractivity contribution in [3.63, 3.8) is 0 Å². The van der Waals surface area contributed by atoms with E-state index in [-0.39, 0.29) is 29.0 Å². The normalized spacial score (nSPS) is 23.0. The molecule has 3 amide bonds. The maximum absolute atomic E-state index is 13.3. The lowest BCUT2D eigenvalue weighted by atomic mass is 9.98. The van der Waals surface area contributed by atoms with Gasteiger partial charge in [-0.25, -0.2) is 0 Å². The topological polar surface area (TPSA) is 87.7 Å². The summed E-state index contributed by atoms with van der Waals surface area (Å²) in [7, 11) is 1.56. The Morgan fingerprint density at radius 2 is 1.97 bits per heavy atom. The van der Waals surface area contributed by atoms with Crippen LogP contribution >= 0.6 is 11.8 Å². The summed E-state index contributed by atoms with van der Waals surface area (Å²) in [5, 5.41) is 5.51. The second-order valence-corrected chi connectivity index (χ2v) is 10.0. The first-order chi connectivity index (χ1) is 13.7. The SMILES string of the molecule is COCCNC(=O)[C@@H](NC(=O)[C@H]1N2C(=O)c3ccccc3[C@@H]2SC1(C)C)C(C)C. The molecule has 1 saturated heterocycles. The van der Waals surface area contributed by atoms with Crippen LogP contribution in [0, 0.1) is 5.92 Å². The van der Waals surface area contributed by atoms with E-state index in [1.807, 2.05) is 45.9 Å². The molecule has 0 bridgehead atoms. The van der Waals surface area contributed by atoms with Gasteiger partial charge in [-0.05, 0) is 31.4 Å². The van der Waals surface area contributed by atoms with Crippen LogP contribution in [0.25, 0.3) is 0 Å². The molecule has 29 heavy (non-hydrogen) atoms. The highest BCUT2D eigenvalue weighted by atomic mass is 32.2. The van der Waals surface area contributed by atoms with Crippen LogP contribution < -0.4 is 10.6 Å². The number of carbonyl (C=O) groups is 3. The van der Waals surface area contributed by atoms with Crippen LogP contribution in [-0.4, -0.2) is 59.7 Å². The number of thioether (sulfide) groups is 1. The van der Waals surface area contributed by atoms with Crippen LogP contribution in [0.15, 0.2) is 24.3 Å². The maximum Gasteiger partial charge on any atom is 0.256 e. The zero-order valence-electron chi connectivity index (χ0n) is 17.5. The van der Waals surface area contributed by atoms with Gasteiger partial charge in [-0.15, -0.1) is 11.8 Å². The molecule has 8 heteroatoms. The lowest BCUT2D eigenvalue weighted by Crippen LogP contribution is -2.58. The van der Waals surface area contributed by atoms with Crippen LogP contribution in [-0.2, 0) is 14.3 Å². The molecule has 3 rings (SSSR count). The summed E-state index contributed by atoms with van der Waals surface area (Å²) in [5.74, 6) is -0.774. The number of fused-ring (bicyclic) bond motifs is 3. The monoisotopic (exact) mass is 419 g/mol. The number of rotatable bonds is 7. The molecule has 1 aromatic carbocycles. The van der Waals surface area contributed by atoms with Gasteiger partial charge in [0.1, 0.15) is 17.5 Å². The molecule has 7 nitrogen and oxygen atoms in total. The van der Waals surface area contributed by atoms with Crippen molar-refractivity contribution in [3.05, 3.63) is 35.4 Å². The minimum absolute atomic E-state index is 0.0964. The fourth-order valence-electron chi connectivity index (χ4n) is 3.96. The molecule has 0 spiro atoms. The highest BCUT2D eigenvalue weighted by Crippen LogP contribution is 2.56. The molecule has 0 radical (unpaired) electrons. The van der Waals surface area contributed by atoms with E-state index in [0.717, 1.165) is 5.56 Å². The smallest absolute Gasteiger partial charge is 0.256 e. The lowest BCUT2D eigenvalue weighted by molar-refractivity contribution is -0.132. The van der Waals surface area contributed by atoms with Crippen molar-refractivity contribution in [2.24, 2.45) is 5.92 Å². The fraction of sp³-hybridized carbons (Fsp3) is 0.571. The number of hydrogen-bond acceptors (Lipinski definition) is 5. The van der Waals surface area contributed by atoms with Crippen molar-refractivity contribution >= 4 is 29.5 Å². The Bertz CT molecular complexity index is 811. The van der Waals surface area contributed by atoms with Gasteiger partial charge in [0.2, 0.25) is 11.8 Å². The number of ether oxygens (including phenoxy) is 1. The number of nitrogens with zero attached hydrogens (tertiary/aromatic N) is 1. The molecule has 2 heterocycles. The van der Waals surface area contributed by atoms with E-state index in [4.69, 9.17) is 4.74 Å². The maximum atomic E-state index is 13.3. The Kier molecular flexibility index (Phi) is 6.24. The molecule has 0 aromatic heterocycles. The van der Waals surface area contributed by atoms with Crippen molar-refractivity contribution < 1.29 is 19.1 Å². The van der Waals surface area contributed by atoms with E-state index in [0.29, 0.717) is 18.7 Å². The van der Waals surface area contributed by atoms with Gasteiger partial charge in [0.15, 0.2) is 0 Å². The van der Waals surface area contributed by atoms with Gasteiger partial charge in [-0.2, -0.15) is 0 Å². The van der Waals surface area contributed by atoms with Gasteiger partial charge in [0.25, 0.3) is 5.91 Å².